The van der Waals surface area contributed by atoms with E-state index in [1.165, 1.54) is 76.5 Å². The van der Waals surface area contributed by atoms with Crippen molar-refractivity contribution in [1.82, 2.24) is 5.32 Å². The Morgan fingerprint density at radius 3 is 2.00 bits per heavy atom. The summed E-state index contributed by atoms with van der Waals surface area (Å²) >= 11 is 0. The van der Waals surface area contributed by atoms with Crippen molar-refractivity contribution in [1.29, 1.82) is 0 Å². The summed E-state index contributed by atoms with van der Waals surface area (Å²) in [4.78, 5) is 4.66. The Bertz CT molecular complexity index is 235. The van der Waals surface area contributed by atoms with E-state index in [2.05, 4.69) is 24.2 Å². The number of hydrogen-bond acceptors (Lipinski definition) is 2. The lowest BCUT2D eigenvalue weighted by atomic mass is 9.93. The summed E-state index contributed by atoms with van der Waals surface area (Å²) in [7, 11) is 0. The predicted octanol–water partition coefficient (Wildman–Crippen LogP) is 4.94. The molecule has 1 rings (SSSR count). The maximum absolute atomic E-state index is 4.66. The van der Waals surface area contributed by atoms with E-state index in [4.69, 9.17) is 0 Å². The van der Waals surface area contributed by atoms with Crippen LogP contribution < -0.4 is 5.32 Å². The van der Waals surface area contributed by atoms with Gasteiger partial charge in [-0.3, -0.25) is 4.99 Å². The van der Waals surface area contributed by atoms with Crippen LogP contribution in [-0.4, -0.2) is 18.9 Å². The Hall–Kier alpha value is -0.530. The van der Waals surface area contributed by atoms with E-state index >= 15 is 0 Å². The van der Waals surface area contributed by atoms with Gasteiger partial charge in [-0.25, -0.2) is 0 Å². The normalized spacial score (nSPS) is 16.2. The Morgan fingerprint density at radius 1 is 0.895 bits per heavy atom. The summed E-state index contributed by atoms with van der Waals surface area (Å²) < 4.78 is 0. The van der Waals surface area contributed by atoms with Crippen molar-refractivity contribution in [3.05, 3.63) is 0 Å². The molecule has 0 saturated carbocycles. The van der Waals surface area contributed by atoms with Gasteiger partial charge in [-0.15, -0.1) is 0 Å². The van der Waals surface area contributed by atoms with Gasteiger partial charge >= 0.3 is 0 Å². The molecule has 0 aliphatic carbocycles. The second-order valence-corrected chi connectivity index (χ2v) is 5.94. The quantitative estimate of drug-likeness (QED) is 0.497. The molecule has 0 bridgehead atoms. The molecule has 1 aliphatic heterocycles. The van der Waals surface area contributed by atoms with Crippen LogP contribution in [0.2, 0.25) is 0 Å². The third-order valence-corrected chi connectivity index (χ3v) is 4.15. The van der Waals surface area contributed by atoms with Crippen LogP contribution in [0.25, 0.3) is 0 Å². The first kappa shape index (κ1) is 16.5. The topological polar surface area (TPSA) is 24.4 Å². The summed E-state index contributed by atoms with van der Waals surface area (Å²) in [5, 5.41) is 3.50. The zero-order chi connectivity index (χ0) is 13.8. The van der Waals surface area contributed by atoms with E-state index in [0.29, 0.717) is 0 Å². The van der Waals surface area contributed by atoms with Crippen LogP contribution in [0.1, 0.15) is 84.5 Å². The number of nitrogens with one attached hydrogen (secondary N) is 1. The van der Waals surface area contributed by atoms with Gasteiger partial charge in [-0.2, -0.15) is 0 Å². The Kier molecular flexibility index (Phi) is 9.84. The maximum atomic E-state index is 4.66. The average molecular weight is 266 g/mol. The molecule has 1 N–H and O–H groups in total. The van der Waals surface area contributed by atoms with Gasteiger partial charge in [-0.05, 0) is 12.8 Å². The highest BCUT2D eigenvalue weighted by Crippen LogP contribution is 2.20. The van der Waals surface area contributed by atoms with Crippen molar-refractivity contribution in [2.45, 2.75) is 84.5 Å². The lowest BCUT2D eigenvalue weighted by molar-refractivity contribution is 0.485. The minimum Gasteiger partial charge on any atom is -0.372 e. The van der Waals surface area contributed by atoms with Crippen molar-refractivity contribution in [3.8, 4) is 0 Å². The van der Waals surface area contributed by atoms with Crippen molar-refractivity contribution in [2.24, 2.45) is 10.9 Å². The zero-order valence-corrected chi connectivity index (χ0v) is 13.2. The molecule has 0 saturated heterocycles. The third kappa shape index (κ3) is 7.59. The molecule has 0 radical (unpaired) electrons. The molecule has 0 aromatic heterocycles. The van der Waals surface area contributed by atoms with Crippen molar-refractivity contribution >= 4 is 5.84 Å². The lowest BCUT2D eigenvalue weighted by Gasteiger charge is -2.17. The van der Waals surface area contributed by atoms with Gasteiger partial charge in [0.25, 0.3) is 0 Å². The molecule has 0 amide bonds. The Morgan fingerprint density at radius 2 is 1.47 bits per heavy atom. The van der Waals surface area contributed by atoms with E-state index in [1.54, 1.807) is 0 Å². The second-order valence-electron chi connectivity index (χ2n) is 5.94. The number of amidine groups is 1. The number of rotatable bonds is 12. The number of nitrogens with zero attached hydrogens (tertiary/aromatic N) is 1. The standard InChI is InChI=1S/C17H34N2/c1-3-5-7-9-11-13-16(12-10-8-6-4-2)17-18-14-15-19-17/h16H,3-15H2,1-2H3,(H,18,19). The number of unbranched alkanes of at least 4 members (excludes halogenated alkanes) is 7. The molecule has 0 spiro atoms. The first-order valence-corrected chi connectivity index (χ1v) is 8.66. The minimum atomic E-state index is 0.723. The summed E-state index contributed by atoms with van der Waals surface area (Å²) in [5.74, 6) is 2.05. The molecule has 2 nitrogen and oxygen atoms in total. The summed E-state index contributed by atoms with van der Waals surface area (Å²) in [5.41, 5.74) is 0. The summed E-state index contributed by atoms with van der Waals surface area (Å²) in [6.45, 7) is 6.63. The van der Waals surface area contributed by atoms with Crippen LogP contribution in [0.4, 0.5) is 0 Å². The van der Waals surface area contributed by atoms with E-state index in [0.717, 1.165) is 19.0 Å². The highest BCUT2D eigenvalue weighted by molar-refractivity contribution is 5.85. The molecule has 1 unspecified atom stereocenters. The van der Waals surface area contributed by atoms with E-state index in [-0.39, 0.29) is 0 Å². The first-order chi connectivity index (χ1) is 9.38. The summed E-state index contributed by atoms with van der Waals surface area (Å²) in [6.07, 6.45) is 15.2. The molecular formula is C17H34N2. The molecule has 112 valence electrons. The fourth-order valence-electron chi connectivity index (χ4n) is 2.92. The third-order valence-electron chi connectivity index (χ3n) is 4.15. The molecule has 1 aliphatic rings. The summed E-state index contributed by atoms with van der Waals surface area (Å²) in [6, 6.07) is 0. The van der Waals surface area contributed by atoms with Crippen LogP contribution in [-0.2, 0) is 0 Å². The van der Waals surface area contributed by atoms with E-state index in [1.807, 2.05) is 0 Å². The van der Waals surface area contributed by atoms with Crippen LogP contribution >= 0.6 is 0 Å². The molecule has 0 fully saturated rings. The highest BCUT2D eigenvalue weighted by Gasteiger charge is 2.17. The maximum Gasteiger partial charge on any atom is 0.0995 e. The van der Waals surface area contributed by atoms with Crippen LogP contribution in [0, 0.1) is 5.92 Å². The predicted molar refractivity (Wildman–Crippen MR) is 85.9 cm³/mol. The molecule has 1 atom stereocenters. The average Bonchev–Trinajstić information content (AvgIpc) is 2.95. The smallest absolute Gasteiger partial charge is 0.0995 e. The monoisotopic (exact) mass is 266 g/mol. The first-order valence-electron chi connectivity index (χ1n) is 8.66. The van der Waals surface area contributed by atoms with Crippen LogP contribution in [0.15, 0.2) is 4.99 Å². The van der Waals surface area contributed by atoms with E-state index < -0.39 is 0 Å². The van der Waals surface area contributed by atoms with Crippen LogP contribution in [0.3, 0.4) is 0 Å². The Labute approximate surface area is 120 Å². The van der Waals surface area contributed by atoms with Gasteiger partial charge in [0.1, 0.15) is 0 Å². The molecule has 0 aromatic carbocycles. The number of hydrogen-bond donors (Lipinski definition) is 1. The fraction of sp³-hybridized carbons (Fsp3) is 0.941. The van der Waals surface area contributed by atoms with Gasteiger partial charge in [0.2, 0.25) is 0 Å². The van der Waals surface area contributed by atoms with Gasteiger partial charge in [0.15, 0.2) is 0 Å². The molecule has 2 heteroatoms. The van der Waals surface area contributed by atoms with Gasteiger partial charge in [0.05, 0.1) is 12.4 Å². The molecule has 1 heterocycles. The lowest BCUT2D eigenvalue weighted by Crippen LogP contribution is -2.27. The largest absolute Gasteiger partial charge is 0.372 e. The van der Waals surface area contributed by atoms with E-state index in [9.17, 15) is 0 Å². The van der Waals surface area contributed by atoms with Crippen molar-refractivity contribution < 1.29 is 0 Å². The van der Waals surface area contributed by atoms with Crippen molar-refractivity contribution in [2.75, 3.05) is 13.1 Å². The molecule has 0 aromatic rings. The van der Waals surface area contributed by atoms with Gasteiger partial charge in [-0.1, -0.05) is 71.6 Å². The Balaban J connectivity index is 2.20. The number of aliphatic imine (C=N–C) groups is 1. The second kappa shape index (κ2) is 11.3. The zero-order valence-electron chi connectivity index (χ0n) is 13.2. The van der Waals surface area contributed by atoms with Crippen LogP contribution in [0.5, 0.6) is 0 Å². The molecular weight excluding hydrogens is 232 g/mol. The SMILES string of the molecule is CCCCCCCC(CCCCCC)C1=NCCN1. The highest BCUT2D eigenvalue weighted by atomic mass is 15.1. The molecule has 19 heavy (non-hydrogen) atoms. The van der Waals surface area contributed by atoms with Crippen molar-refractivity contribution in [3.63, 3.8) is 0 Å². The minimum absolute atomic E-state index is 0.723. The fourth-order valence-corrected chi connectivity index (χ4v) is 2.92. The van der Waals surface area contributed by atoms with Gasteiger partial charge in [0, 0.05) is 12.5 Å². The van der Waals surface area contributed by atoms with Gasteiger partial charge < -0.3 is 5.32 Å².